The van der Waals surface area contributed by atoms with E-state index in [9.17, 15) is 14.4 Å². The summed E-state index contributed by atoms with van der Waals surface area (Å²) in [4.78, 5) is 44.3. The molecule has 2 aromatic rings. The third-order valence-corrected chi connectivity index (χ3v) is 8.52. The Labute approximate surface area is 204 Å². The zero-order valence-electron chi connectivity index (χ0n) is 19.5. The average molecular weight is 476 g/mol. The van der Waals surface area contributed by atoms with Gasteiger partial charge in [-0.1, -0.05) is 36.4 Å². The Morgan fingerprint density at radius 2 is 1.85 bits per heavy atom. The number of carbonyl (C=O) groups is 3. The molecule has 0 saturated carbocycles. The molecule has 2 atom stereocenters. The van der Waals surface area contributed by atoms with Gasteiger partial charge >= 0.3 is 6.03 Å². The van der Waals surface area contributed by atoms with Gasteiger partial charge in [0.05, 0.1) is 17.0 Å². The predicted molar refractivity (Wildman–Crippen MR) is 134 cm³/mol. The number of nitrogens with one attached hydrogen (secondary N) is 1. The number of rotatable bonds is 6. The first kappa shape index (κ1) is 22.7. The van der Waals surface area contributed by atoms with Crippen molar-refractivity contribution in [2.45, 2.75) is 44.9 Å². The number of fused-ring (bicyclic) bond motifs is 2. The molecule has 2 heterocycles. The minimum absolute atomic E-state index is 0.0586. The van der Waals surface area contributed by atoms with Crippen LogP contribution in [0.15, 0.2) is 59.0 Å². The fourth-order valence-electron chi connectivity index (χ4n) is 5.04. The van der Waals surface area contributed by atoms with E-state index in [1.54, 1.807) is 16.7 Å². The molecule has 2 aromatic carbocycles. The maximum absolute atomic E-state index is 13.6. The third-order valence-electron chi connectivity index (χ3n) is 7.00. The molecule has 2 aliphatic heterocycles. The minimum atomic E-state index is -0.415. The molecule has 0 aromatic heterocycles. The molecular weight excluding hydrogens is 446 g/mol. The van der Waals surface area contributed by atoms with Crippen LogP contribution in [0.1, 0.15) is 36.0 Å². The fraction of sp³-hybridized carbons (Fsp3) is 0.370. The van der Waals surface area contributed by atoms with Crippen LogP contribution in [0.25, 0.3) is 0 Å². The Balaban J connectivity index is 1.37. The SMILES string of the molecule is Cc1ccc(N2C(=O)C3C4=C(CCC4)SC3N(CC(=O)NCCc3ccccc3)C2=O)cc1C. The Morgan fingerprint density at radius 3 is 2.62 bits per heavy atom. The summed E-state index contributed by atoms with van der Waals surface area (Å²) in [7, 11) is 0. The first-order valence-electron chi connectivity index (χ1n) is 11.8. The highest BCUT2D eigenvalue weighted by Crippen LogP contribution is 2.53. The number of amides is 4. The minimum Gasteiger partial charge on any atom is -0.354 e. The second kappa shape index (κ2) is 9.29. The molecule has 0 spiro atoms. The van der Waals surface area contributed by atoms with Crippen molar-refractivity contribution in [2.24, 2.45) is 5.92 Å². The van der Waals surface area contributed by atoms with Crippen LogP contribution >= 0.6 is 11.8 Å². The number of thioether (sulfide) groups is 1. The molecule has 6 nitrogen and oxygen atoms in total. The van der Waals surface area contributed by atoms with Crippen molar-refractivity contribution in [3.05, 3.63) is 75.7 Å². The quantitative estimate of drug-likeness (QED) is 0.665. The lowest BCUT2D eigenvalue weighted by molar-refractivity contribution is -0.126. The number of aryl methyl sites for hydroxylation is 2. The highest BCUT2D eigenvalue weighted by Gasteiger charge is 2.53. The summed E-state index contributed by atoms with van der Waals surface area (Å²) < 4.78 is 0. The number of imide groups is 1. The molecule has 1 aliphatic carbocycles. The largest absolute Gasteiger partial charge is 0.354 e. The van der Waals surface area contributed by atoms with Crippen molar-refractivity contribution in [3.8, 4) is 0 Å². The van der Waals surface area contributed by atoms with E-state index in [1.165, 1.54) is 9.81 Å². The second-order valence-electron chi connectivity index (χ2n) is 9.23. The molecule has 2 unspecified atom stereocenters. The van der Waals surface area contributed by atoms with Crippen LogP contribution in [-0.4, -0.2) is 41.2 Å². The molecule has 1 saturated heterocycles. The Morgan fingerprint density at radius 1 is 1.06 bits per heavy atom. The van der Waals surface area contributed by atoms with Crippen LogP contribution in [0.4, 0.5) is 10.5 Å². The molecule has 3 aliphatic rings. The van der Waals surface area contributed by atoms with Gasteiger partial charge in [-0.15, -0.1) is 11.8 Å². The second-order valence-corrected chi connectivity index (χ2v) is 10.4. The Bertz CT molecular complexity index is 1180. The summed E-state index contributed by atoms with van der Waals surface area (Å²) in [5.41, 5.74) is 5.01. The van der Waals surface area contributed by atoms with Gasteiger partial charge in [-0.25, -0.2) is 9.69 Å². The number of hydrogen-bond acceptors (Lipinski definition) is 4. The normalized spacial score (nSPS) is 21.7. The van der Waals surface area contributed by atoms with Crippen LogP contribution in [0.5, 0.6) is 0 Å². The lowest BCUT2D eigenvalue weighted by Crippen LogP contribution is -2.62. The van der Waals surface area contributed by atoms with E-state index < -0.39 is 6.03 Å². The third kappa shape index (κ3) is 4.13. The van der Waals surface area contributed by atoms with Gasteiger partial charge in [0.2, 0.25) is 11.8 Å². The number of carbonyl (C=O) groups excluding carboxylic acids is 3. The van der Waals surface area contributed by atoms with Crippen LogP contribution in [0.2, 0.25) is 0 Å². The van der Waals surface area contributed by atoms with Crippen LogP contribution in [-0.2, 0) is 16.0 Å². The van der Waals surface area contributed by atoms with Gasteiger partial charge in [0.25, 0.3) is 0 Å². The van der Waals surface area contributed by atoms with E-state index >= 15 is 0 Å². The average Bonchev–Trinajstić information content (AvgIpc) is 3.41. The number of anilines is 1. The van der Waals surface area contributed by atoms with E-state index in [0.29, 0.717) is 12.2 Å². The first-order valence-corrected chi connectivity index (χ1v) is 12.7. The Kier molecular flexibility index (Phi) is 6.21. The van der Waals surface area contributed by atoms with Gasteiger partial charge in [-0.3, -0.25) is 9.59 Å². The van der Waals surface area contributed by atoms with Crippen molar-refractivity contribution in [1.29, 1.82) is 0 Å². The molecule has 0 bridgehead atoms. The van der Waals surface area contributed by atoms with Crippen LogP contribution in [0.3, 0.4) is 0 Å². The molecule has 7 heteroatoms. The predicted octanol–water partition coefficient (Wildman–Crippen LogP) is 4.56. The van der Waals surface area contributed by atoms with E-state index in [1.807, 2.05) is 62.4 Å². The smallest absolute Gasteiger partial charge is 0.332 e. The van der Waals surface area contributed by atoms with Crippen molar-refractivity contribution in [2.75, 3.05) is 18.0 Å². The zero-order chi connectivity index (χ0) is 23.8. The molecule has 34 heavy (non-hydrogen) atoms. The summed E-state index contributed by atoms with van der Waals surface area (Å²) in [5.74, 6) is -0.748. The molecule has 5 rings (SSSR count). The number of hydrogen-bond donors (Lipinski definition) is 1. The van der Waals surface area contributed by atoms with E-state index in [0.717, 1.165) is 47.9 Å². The number of urea groups is 1. The first-order chi connectivity index (χ1) is 16.4. The van der Waals surface area contributed by atoms with Crippen molar-refractivity contribution >= 4 is 35.3 Å². The molecular formula is C27H29N3O3S. The fourth-order valence-corrected chi connectivity index (χ4v) is 6.68. The highest BCUT2D eigenvalue weighted by molar-refractivity contribution is 8.04. The number of benzene rings is 2. The van der Waals surface area contributed by atoms with E-state index in [4.69, 9.17) is 0 Å². The highest BCUT2D eigenvalue weighted by atomic mass is 32.2. The van der Waals surface area contributed by atoms with Crippen molar-refractivity contribution in [3.63, 3.8) is 0 Å². The summed E-state index contributed by atoms with van der Waals surface area (Å²) >= 11 is 1.60. The number of allylic oxidation sites excluding steroid dienone is 1. The molecule has 0 radical (unpaired) electrons. The van der Waals surface area contributed by atoms with Gasteiger partial charge in [0.15, 0.2) is 0 Å². The van der Waals surface area contributed by atoms with Crippen molar-refractivity contribution in [1.82, 2.24) is 10.2 Å². The lowest BCUT2D eigenvalue weighted by Gasteiger charge is -2.42. The van der Waals surface area contributed by atoms with Gasteiger partial charge < -0.3 is 10.2 Å². The standard InChI is InChI=1S/C27H29N3O3S/c1-17-11-12-20(15-18(17)2)30-25(32)24-21-9-6-10-22(21)34-26(24)29(27(30)33)16-23(31)28-14-13-19-7-4-3-5-8-19/h3-5,7-8,11-12,15,24,26H,6,9-10,13-14,16H2,1-2H3,(H,28,31). The monoisotopic (exact) mass is 475 g/mol. The maximum atomic E-state index is 13.6. The van der Waals surface area contributed by atoms with Gasteiger partial charge in [0, 0.05) is 6.54 Å². The molecule has 1 fully saturated rings. The lowest BCUT2D eigenvalue weighted by atomic mass is 9.93. The van der Waals surface area contributed by atoms with Crippen molar-refractivity contribution < 1.29 is 14.4 Å². The van der Waals surface area contributed by atoms with Gasteiger partial charge in [-0.05, 0) is 78.8 Å². The van der Waals surface area contributed by atoms with Crippen LogP contribution < -0.4 is 10.2 Å². The molecule has 176 valence electrons. The van der Waals surface area contributed by atoms with E-state index in [2.05, 4.69) is 5.32 Å². The summed E-state index contributed by atoms with van der Waals surface area (Å²) in [6.45, 7) is 4.42. The molecule has 1 N–H and O–H groups in total. The number of nitrogens with zero attached hydrogens (tertiary/aromatic N) is 2. The van der Waals surface area contributed by atoms with Gasteiger partial charge in [0.1, 0.15) is 6.54 Å². The van der Waals surface area contributed by atoms with Crippen LogP contribution in [0, 0.1) is 19.8 Å². The summed E-state index contributed by atoms with van der Waals surface area (Å²) in [6.07, 6.45) is 3.62. The molecule has 4 amide bonds. The summed E-state index contributed by atoms with van der Waals surface area (Å²) in [5, 5.41) is 2.61. The van der Waals surface area contributed by atoms with Gasteiger partial charge in [-0.2, -0.15) is 0 Å². The topological polar surface area (TPSA) is 69.7 Å². The van der Waals surface area contributed by atoms with E-state index in [-0.39, 0.29) is 29.7 Å². The maximum Gasteiger partial charge on any atom is 0.332 e. The Hall–Kier alpha value is -3.06. The summed E-state index contributed by atoms with van der Waals surface area (Å²) in [6, 6.07) is 15.2. The zero-order valence-corrected chi connectivity index (χ0v) is 20.4.